The third-order valence-corrected chi connectivity index (χ3v) is 4.40. The summed E-state index contributed by atoms with van der Waals surface area (Å²) in [6.07, 6.45) is 6.98. The van der Waals surface area contributed by atoms with Crippen LogP contribution in [0.5, 0.6) is 0 Å². The highest BCUT2D eigenvalue weighted by molar-refractivity contribution is 5.95. The van der Waals surface area contributed by atoms with Crippen molar-refractivity contribution in [3.63, 3.8) is 0 Å². The van der Waals surface area contributed by atoms with Crippen molar-refractivity contribution in [2.75, 3.05) is 5.32 Å². The van der Waals surface area contributed by atoms with E-state index in [4.69, 9.17) is 4.42 Å². The normalized spacial score (nSPS) is 13.3. The standard InChI is InChI=1S/C18H17N3O2/c1-11-16(5-6-19-21-11)20-18(22)9-14-10-23-17-8-13-4-2-3-12(13)7-15(14)17/h5-8,10H,2-4,9H2,1H3,(H,19,20,22). The molecule has 1 amide bonds. The van der Waals surface area contributed by atoms with Crippen LogP contribution in [0.25, 0.3) is 11.0 Å². The van der Waals surface area contributed by atoms with Crippen LogP contribution in [0.3, 0.4) is 0 Å². The molecule has 5 nitrogen and oxygen atoms in total. The van der Waals surface area contributed by atoms with Crippen LogP contribution in [0.1, 0.15) is 28.8 Å². The topological polar surface area (TPSA) is 68.0 Å². The smallest absolute Gasteiger partial charge is 0.228 e. The van der Waals surface area contributed by atoms with E-state index >= 15 is 0 Å². The molecule has 0 fully saturated rings. The van der Waals surface area contributed by atoms with Crippen molar-refractivity contribution >= 4 is 22.6 Å². The van der Waals surface area contributed by atoms with Gasteiger partial charge in [0, 0.05) is 10.9 Å². The van der Waals surface area contributed by atoms with Gasteiger partial charge >= 0.3 is 0 Å². The minimum atomic E-state index is -0.0794. The molecule has 0 atom stereocenters. The first-order valence-corrected chi connectivity index (χ1v) is 7.81. The molecule has 2 heterocycles. The number of fused-ring (bicyclic) bond motifs is 2. The summed E-state index contributed by atoms with van der Waals surface area (Å²) in [5.41, 5.74) is 5.95. The highest BCUT2D eigenvalue weighted by Crippen LogP contribution is 2.30. The molecule has 2 aromatic heterocycles. The number of amides is 1. The van der Waals surface area contributed by atoms with Gasteiger partial charge in [-0.15, -0.1) is 0 Å². The second-order valence-electron chi connectivity index (χ2n) is 5.99. The first kappa shape index (κ1) is 13.9. The average Bonchev–Trinajstić information content (AvgIpc) is 3.14. The lowest BCUT2D eigenvalue weighted by molar-refractivity contribution is -0.115. The summed E-state index contributed by atoms with van der Waals surface area (Å²) < 4.78 is 5.65. The summed E-state index contributed by atoms with van der Waals surface area (Å²) in [5.74, 6) is -0.0794. The number of carbonyl (C=O) groups excluding carboxylic acids is 1. The zero-order chi connectivity index (χ0) is 15.8. The van der Waals surface area contributed by atoms with E-state index in [9.17, 15) is 4.79 Å². The minimum absolute atomic E-state index is 0.0794. The Kier molecular flexibility index (Phi) is 3.33. The van der Waals surface area contributed by atoms with Gasteiger partial charge in [0.15, 0.2) is 0 Å². The number of benzene rings is 1. The van der Waals surface area contributed by atoms with Gasteiger partial charge in [-0.1, -0.05) is 0 Å². The number of nitrogens with zero attached hydrogens (tertiary/aromatic N) is 2. The molecule has 0 unspecified atom stereocenters. The summed E-state index contributed by atoms with van der Waals surface area (Å²) in [6, 6.07) is 6.06. The van der Waals surface area contributed by atoms with Gasteiger partial charge in [0.2, 0.25) is 5.91 Å². The predicted octanol–water partition coefficient (Wildman–Crippen LogP) is 3.20. The predicted molar refractivity (Wildman–Crippen MR) is 87.3 cm³/mol. The molecular formula is C18H17N3O2. The third kappa shape index (κ3) is 2.59. The maximum atomic E-state index is 12.3. The van der Waals surface area contributed by atoms with Crippen LogP contribution < -0.4 is 5.32 Å². The number of rotatable bonds is 3. The van der Waals surface area contributed by atoms with Crippen LogP contribution in [-0.4, -0.2) is 16.1 Å². The molecular weight excluding hydrogens is 290 g/mol. The van der Waals surface area contributed by atoms with Gasteiger partial charge in [0.25, 0.3) is 0 Å². The zero-order valence-corrected chi connectivity index (χ0v) is 12.9. The number of furan rings is 1. The van der Waals surface area contributed by atoms with E-state index in [1.165, 1.54) is 17.5 Å². The van der Waals surface area contributed by atoms with Crippen molar-refractivity contribution in [1.82, 2.24) is 10.2 Å². The molecule has 116 valence electrons. The van der Waals surface area contributed by atoms with Gasteiger partial charge in [-0.05, 0) is 55.5 Å². The van der Waals surface area contributed by atoms with Crippen LogP contribution in [-0.2, 0) is 24.1 Å². The fourth-order valence-electron chi connectivity index (χ4n) is 3.19. The first-order valence-electron chi connectivity index (χ1n) is 7.81. The fraction of sp³-hybridized carbons (Fsp3) is 0.278. The minimum Gasteiger partial charge on any atom is -0.464 e. The van der Waals surface area contributed by atoms with Gasteiger partial charge in [-0.3, -0.25) is 4.79 Å². The zero-order valence-electron chi connectivity index (χ0n) is 12.9. The highest BCUT2D eigenvalue weighted by Gasteiger charge is 2.17. The third-order valence-electron chi connectivity index (χ3n) is 4.40. The summed E-state index contributed by atoms with van der Waals surface area (Å²) in [7, 11) is 0. The lowest BCUT2D eigenvalue weighted by atomic mass is 10.0. The van der Waals surface area contributed by atoms with Crippen molar-refractivity contribution in [1.29, 1.82) is 0 Å². The summed E-state index contributed by atoms with van der Waals surface area (Å²) in [6.45, 7) is 1.82. The molecule has 1 aliphatic rings. The summed E-state index contributed by atoms with van der Waals surface area (Å²) in [5, 5.41) is 11.7. The van der Waals surface area contributed by atoms with Gasteiger partial charge in [0.1, 0.15) is 5.58 Å². The second-order valence-corrected chi connectivity index (χ2v) is 5.99. The largest absolute Gasteiger partial charge is 0.464 e. The molecule has 23 heavy (non-hydrogen) atoms. The average molecular weight is 307 g/mol. The molecule has 1 aliphatic carbocycles. The lowest BCUT2D eigenvalue weighted by Gasteiger charge is -2.06. The van der Waals surface area contributed by atoms with E-state index in [-0.39, 0.29) is 12.3 Å². The maximum absolute atomic E-state index is 12.3. The number of nitrogens with one attached hydrogen (secondary N) is 1. The SMILES string of the molecule is Cc1nnccc1NC(=O)Cc1coc2cc3c(cc12)CCC3. The molecule has 0 spiro atoms. The number of aryl methyl sites for hydroxylation is 3. The van der Waals surface area contributed by atoms with Crippen molar-refractivity contribution in [2.45, 2.75) is 32.6 Å². The number of anilines is 1. The number of aromatic nitrogens is 2. The first-order chi connectivity index (χ1) is 11.2. The Labute approximate surface area is 133 Å². The Balaban J connectivity index is 1.58. The molecule has 0 saturated heterocycles. The molecule has 4 rings (SSSR count). The van der Waals surface area contributed by atoms with E-state index in [0.29, 0.717) is 11.4 Å². The Hall–Kier alpha value is -2.69. The van der Waals surface area contributed by atoms with E-state index < -0.39 is 0 Å². The van der Waals surface area contributed by atoms with E-state index in [1.54, 1.807) is 18.5 Å². The number of hydrogen-bond donors (Lipinski definition) is 1. The van der Waals surface area contributed by atoms with Gasteiger partial charge in [-0.2, -0.15) is 10.2 Å². The molecule has 3 aromatic rings. The quantitative estimate of drug-likeness (QED) is 0.807. The summed E-state index contributed by atoms with van der Waals surface area (Å²) in [4.78, 5) is 12.3. The molecule has 0 saturated carbocycles. The van der Waals surface area contributed by atoms with Crippen molar-refractivity contribution in [3.05, 3.63) is 53.0 Å². The Morgan fingerprint density at radius 3 is 2.96 bits per heavy atom. The van der Waals surface area contributed by atoms with Crippen molar-refractivity contribution < 1.29 is 9.21 Å². The molecule has 0 aliphatic heterocycles. The molecule has 5 heteroatoms. The second kappa shape index (κ2) is 5.50. The van der Waals surface area contributed by atoms with Crippen molar-refractivity contribution in [3.8, 4) is 0 Å². The lowest BCUT2D eigenvalue weighted by Crippen LogP contribution is -2.15. The van der Waals surface area contributed by atoms with Gasteiger partial charge in [-0.25, -0.2) is 0 Å². The van der Waals surface area contributed by atoms with Gasteiger partial charge < -0.3 is 9.73 Å². The Bertz CT molecular complexity index is 898. The van der Waals surface area contributed by atoms with Crippen LogP contribution in [0, 0.1) is 6.92 Å². The molecule has 0 bridgehead atoms. The van der Waals surface area contributed by atoms with E-state index in [0.717, 1.165) is 29.4 Å². The van der Waals surface area contributed by atoms with E-state index in [1.807, 2.05) is 6.92 Å². The summed E-state index contributed by atoms with van der Waals surface area (Å²) >= 11 is 0. The Morgan fingerprint density at radius 2 is 2.13 bits per heavy atom. The van der Waals surface area contributed by atoms with Gasteiger partial charge in [0.05, 0.1) is 30.3 Å². The van der Waals surface area contributed by atoms with Crippen LogP contribution in [0.15, 0.2) is 35.1 Å². The molecule has 0 radical (unpaired) electrons. The highest BCUT2D eigenvalue weighted by atomic mass is 16.3. The van der Waals surface area contributed by atoms with Crippen molar-refractivity contribution in [2.24, 2.45) is 0 Å². The van der Waals surface area contributed by atoms with Crippen LogP contribution in [0.2, 0.25) is 0 Å². The monoisotopic (exact) mass is 307 g/mol. The molecule has 1 N–H and O–H groups in total. The number of carbonyl (C=O) groups is 1. The van der Waals surface area contributed by atoms with Crippen LogP contribution in [0.4, 0.5) is 5.69 Å². The van der Waals surface area contributed by atoms with E-state index in [2.05, 4.69) is 27.6 Å². The Morgan fingerprint density at radius 1 is 1.30 bits per heavy atom. The molecule has 1 aromatic carbocycles. The maximum Gasteiger partial charge on any atom is 0.228 e. The van der Waals surface area contributed by atoms with Crippen LogP contribution >= 0.6 is 0 Å². The number of hydrogen-bond acceptors (Lipinski definition) is 4. The fourth-order valence-corrected chi connectivity index (χ4v) is 3.19.